The molecule has 1 N–H and O–H groups in total. The number of azo groups is 1. The van der Waals surface area contributed by atoms with Crippen LogP contribution in [-0.4, -0.2) is 18.0 Å². The minimum Gasteiger partial charge on any atom is -1.00 e. The first-order valence-electron chi connectivity index (χ1n) is 9.21. The van der Waals surface area contributed by atoms with Gasteiger partial charge in [-0.1, -0.05) is 29.8 Å². The molecule has 156 valence electrons. The van der Waals surface area contributed by atoms with Gasteiger partial charge in [0.2, 0.25) is 0 Å². The summed E-state index contributed by atoms with van der Waals surface area (Å²) in [5.41, 5.74) is 2.21. The third kappa shape index (κ3) is 7.18. The van der Waals surface area contributed by atoms with Crippen molar-refractivity contribution in [3.05, 3.63) is 93.8 Å². The van der Waals surface area contributed by atoms with Crippen LogP contribution in [0.3, 0.4) is 0 Å². The predicted octanol–water partition coefficient (Wildman–Crippen LogP) is 1.79. The summed E-state index contributed by atoms with van der Waals surface area (Å²) in [6, 6.07) is 18.0. The number of hydrogen-bond donors (Lipinski definition) is 1. The Morgan fingerprint density at radius 1 is 1.00 bits per heavy atom. The van der Waals surface area contributed by atoms with Crippen molar-refractivity contribution < 1.29 is 21.9 Å². The average Bonchev–Trinajstić information content (AvgIpc) is 2.74. The minimum absolute atomic E-state index is 0. The van der Waals surface area contributed by atoms with Gasteiger partial charge in [-0.2, -0.15) is 5.11 Å². The van der Waals surface area contributed by atoms with E-state index in [1.165, 1.54) is 23.8 Å². The van der Waals surface area contributed by atoms with E-state index in [4.69, 9.17) is 11.6 Å². The first-order valence-corrected chi connectivity index (χ1v) is 9.59. The van der Waals surface area contributed by atoms with Gasteiger partial charge in [0.05, 0.1) is 22.2 Å². The zero-order chi connectivity index (χ0) is 20.5. The van der Waals surface area contributed by atoms with E-state index >= 15 is 0 Å². The lowest BCUT2D eigenvalue weighted by atomic mass is 10.1. The smallest absolute Gasteiger partial charge is 0.271 e. The molecule has 0 unspecified atom stereocenters. The van der Waals surface area contributed by atoms with Crippen LogP contribution in [0.2, 0.25) is 5.02 Å². The van der Waals surface area contributed by atoms with Crippen LogP contribution in [0.4, 0.5) is 17.1 Å². The maximum Gasteiger partial charge on any atom is 0.271 e. The summed E-state index contributed by atoms with van der Waals surface area (Å²) in [6.45, 7) is 2.75. The highest BCUT2D eigenvalue weighted by atomic mass is 35.5. The SMILES string of the molecule is O=[N+]([O-])c1ccc(N=Nc2ccc(CCNCC[n+]3ccccc3)cc2)c(Cl)c1.[Cl-]. The van der Waals surface area contributed by atoms with Crippen LogP contribution in [0.5, 0.6) is 0 Å². The van der Waals surface area contributed by atoms with Gasteiger partial charge in [0.15, 0.2) is 18.9 Å². The molecule has 0 bridgehead atoms. The van der Waals surface area contributed by atoms with Gasteiger partial charge in [-0.05, 0) is 36.7 Å². The summed E-state index contributed by atoms with van der Waals surface area (Å²) in [6.07, 6.45) is 5.03. The maximum absolute atomic E-state index is 10.7. The second-order valence-corrected chi connectivity index (χ2v) is 6.78. The number of benzene rings is 2. The topological polar surface area (TPSA) is 83.8 Å². The third-order valence-electron chi connectivity index (χ3n) is 4.27. The molecule has 0 spiro atoms. The Labute approximate surface area is 186 Å². The molecule has 3 aromatic rings. The van der Waals surface area contributed by atoms with Gasteiger partial charge in [-0.3, -0.25) is 10.1 Å². The van der Waals surface area contributed by atoms with Crippen LogP contribution in [0.15, 0.2) is 83.3 Å². The first kappa shape index (κ1) is 23.4. The summed E-state index contributed by atoms with van der Waals surface area (Å²) in [5.74, 6) is 0. The van der Waals surface area contributed by atoms with Crippen molar-refractivity contribution in [3.63, 3.8) is 0 Å². The molecule has 0 amide bonds. The van der Waals surface area contributed by atoms with Crippen molar-refractivity contribution in [2.24, 2.45) is 10.2 Å². The van der Waals surface area contributed by atoms with Gasteiger partial charge in [0, 0.05) is 24.3 Å². The fourth-order valence-electron chi connectivity index (χ4n) is 2.68. The van der Waals surface area contributed by atoms with Gasteiger partial charge < -0.3 is 17.7 Å². The molecule has 9 heteroatoms. The molecule has 0 saturated carbocycles. The zero-order valence-electron chi connectivity index (χ0n) is 16.1. The number of nitro groups is 1. The Bertz CT molecular complexity index is 982. The van der Waals surface area contributed by atoms with Crippen molar-refractivity contribution in [2.45, 2.75) is 13.0 Å². The van der Waals surface area contributed by atoms with Crippen LogP contribution in [0, 0.1) is 10.1 Å². The number of nitro benzene ring substituents is 1. The van der Waals surface area contributed by atoms with E-state index in [0.717, 1.165) is 26.1 Å². The number of nitrogens with zero attached hydrogens (tertiary/aromatic N) is 4. The number of halogens is 2. The molecular weight excluding hydrogens is 425 g/mol. The van der Waals surface area contributed by atoms with Gasteiger partial charge in [-0.15, -0.1) is 5.11 Å². The fourth-order valence-corrected chi connectivity index (χ4v) is 2.89. The van der Waals surface area contributed by atoms with Crippen LogP contribution < -0.4 is 22.3 Å². The molecule has 30 heavy (non-hydrogen) atoms. The Morgan fingerprint density at radius 2 is 1.73 bits per heavy atom. The van der Waals surface area contributed by atoms with E-state index in [-0.39, 0.29) is 23.1 Å². The monoisotopic (exact) mass is 445 g/mol. The van der Waals surface area contributed by atoms with E-state index in [0.29, 0.717) is 11.4 Å². The van der Waals surface area contributed by atoms with Crippen molar-refractivity contribution in [1.82, 2.24) is 5.32 Å². The van der Waals surface area contributed by atoms with Crippen LogP contribution in [0.1, 0.15) is 5.56 Å². The van der Waals surface area contributed by atoms with Crippen LogP contribution in [0.25, 0.3) is 0 Å². The summed E-state index contributed by atoms with van der Waals surface area (Å²) in [5, 5.41) is 22.6. The van der Waals surface area contributed by atoms with E-state index < -0.39 is 4.92 Å². The quantitative estimate of drug-likeness (QED) is 0.179. The molecule has 0 aliphatic rings. The Morgan fingerprint density at radius 3 is 2.40 bits per heavy atom. The van der Waals surface area contributed by atoms with Gasteiger partial charge in [-0.25, -0.2) is 4.57 Å². The number of pyridine rings is 1. The second kappa shape index (κ2) is 12.0. The molecule has 2 aromatic carbocycles. The van der Waals surface area contributed by atoms with Crippen molar-refractivity contribution in [2.75, 3.05) is 13.1 Å². The number of non-ortho nitro benzene ring substituents is 1. The molecule has 1 heterocycles. The molecule has 0 atom stereocenters. The van der Waals surface area contributed by atoms with E-state index in [9.17, 15) is 10.1 Å². The van der Waals surface area contributed by atoms with Gasteiger partial charge in [0.1, 0.15) is 5.69 Å². The molecule has 0 aliphatic carbocycles. The lowest BCUT2D eigenvalue weighted by molar-refractivity contribution is -0.695. The molecule has 0 aliphatic heterocycles. The molecular formula is C21H21Cl2N5O2. The highest BCUT2D eigenvalue weighted by Crippen LogP contribution is 2.30. The van der Waals surface area contributed by atoms with Gasteiger partial charge in [0.25, 0.3) is 5.69 Å². The largest absolute Gasteiger partial charge is 1.00 e. The van der Waals surface area contributed by atoms with Crippen LogP contribution >= 0.6 is 11.6 Å². The third-order valence-corrected chi connectivity index (χ3v) is 4.57. The summed E-state index contributed by atoms with van der Waals surface area (Å²) < 4.78 is 2.14. The molecule has 0 radical (unpaired) electrons. The highest BCUT2D eigenvalue weighted by molar-refractivity contribution is 6.33. The molecule has 0 saturated heterocycles. The lowest BCUT2D eigenvalue weighted by Crippen LogP contribution is -3.00. The minimum atomic E-state index is -0.499. The fraction of sp³-hybridized carbons (Fsp3) is 0.190. The molecule has 3 rings (SSSR count). The van der Waals surface area contributed by atoms with E-state index in [1.807, 2.05) is 42.5 Å². The Hall–Kier alpha value is -2.87. The zero-order valence-corrected chi connectivity index (χ0v) is 17.6. The van der Waals surface area contributed by atoms with Crippen LogP contribution in [-0.2, 0) is 13.0 Å². The average molecular weight is 446 g/mol. The van der Waals surface area contributed by atoms with Crippen molar-refractivity contribution >= 4 is 28.7 Å². The number of aromatic nitrogens is 1. The summed E-state index contributed by atoms with van der Waals surface area (Å²) >= 11 is 6.02. The highest BCUT2D eigenvalue weighted by Gasteiger charge is 2.08. The number of hydrogen-bond acceptors (Lipinski definition) is 5. The standard InChI is InChI=1S/C21H21ClN5O2.ClH/c22-20-16-19(27(28)29)8-9-21(20)25-24-18-6-4-17(5-7-18)10-11-23-12-15-26-13-2-1-3-14-26;/h1-9,13-14,16,23H,10-12,15H2;1H/q+1;/p-1. The molecule has 7 nitrogen and oxygen atoms in total. The van der Waals surface area contributed by atoms with E-state index in [2.05, 4.69) is 32.5 Å². The normalized spacial score (nSPS) is 10.7. The molecule has 1 aromatic heterocycles. The first-order chi connectivity index (χ1) is 14.1. The van der Waals surface area contributed by atoms with Crippen molar-refractivity contribution in [1.29, 1.82) is 0 Å². The second-order valence-electron chi connectivity index (χ2n) is 6.37. The number of rotatable bonds is 9. The van der Waals surface area contributed by atoms with Crippen molar-refractivity contribution in [3.8, 4) is 0 Å². The number of nitrogens with one attached hydrogen (secondary N) is 1. The van der Waals surface area contributed by atoms with Gasteiger partial charge >= 0.3 is 0 Å². The Kier molecular flexibility index (Phi) is 9.34. The Balaban J connectivity index is 0.00000320. The maximum atomic E-state index is 10.7. The summed E-state index contributed by atoms with van der Waals surface area (Å²) in [7, 11) is 0. The predicted molar refractivity (Wildman–Crippen MR) is 112 cm³/mol. The lowest BCUT2D eigenvalue weighted by Gasteiger charge is -2.04. The summed E-state index contributed by atoms with van der Waals surface area (Å²) in [4.78, 5) is 10.2. The van der Waals surface area contributed by atoms with E-state index in [1.54, 1.807) is 0 Å². The molecule has 0 fully saturated rings.